The number of hydrogen-bond donors (Lipinski definition) is 1. The molecule has 3 rings (SSSR count). The molecule has 0 amide bonds. The molecule has 132 valence electrons. The normalized spacial score (nSPS) is 15.7. The van der Waals surface area contributed by atoms with Crippen LogP contribution >= 0.6 is 11.6 Å². The van der Waals surface area contributed by atoms with Gasteiger partial charge in [0.15, 0.2) is 0 Å². The van der Waals surface area contributed by atoms with Gasteiger partial charge in [0.1, 0.15) is 6.54 Å². The fourth-order valence-corrected chi connectivity index (χ4v) is 3.13. The molecule has 0 saturated carbocycles. The summed E-state index contributed by atoms with van der Waals surface area (Å²) in [5, 5.41) is 7.62. The van der Waals surface area contributed by atoms with E-state index in [0.717, 1.165) is 43.3 Å². The third-order valence-electron chi connectivity index (χ3n) is 4.59. The third-order valence-corrected chi connectivity index (χ3v) is 4.85. The summed E-state index contributed by atoms with van der Waals surface area (Å²) in [5.41, 5.74) is 3.69. The molecule has 2 aromatic carbocycles. The second-order valence-electron chi connectivity index (χ2n) is 6.74. The summed E-state index contributed by atoms with van der Waals surface area (Å²) in [6, 6.07) is 16.7. The van der Waals surface area contributed by atoms with Crippen LogP contribution in [0.3, 0.4) is 0 Å². The number of anilines is 1. The fraction of sp³-hybridized carbons (Fsp3) is 0.350. The molecule has 1 aliphatic rings. The zero-order chi connectivity index (χ0) is 17.6. The molecule has 0 atom stereocenters. The number of halogens is 1. The van der Waals surface area contributed by atoms with E-state index in [1.807, 2.05) is 18.3 Å². The quantitative estimate of drug-likeness (QED) is 0.829. The molecule has 1 fully saturated rings. The molecule has 1 aliphatic heterocycles. The first-order valence-corrected chi connectivity index (χ1v) is 9.12. The van der Waals surface area contributed by atoms with Crippen molar-refractivity contribution in [2.24, 2.45) is 5.10 Å². The number of hydrogen-bond acceptors (Lipinski definition) is 3. The van der Waals surface area contributed by atoms with E-state index in [4.69, 9.17) is 11.6 Å². The molecule has 0 unspecified atom stereocenters. The number of benzene rings is 2. The highest BCUT2D eigenvalue weighted by molar-refractivity contribution is 6.30. The van der Waals surface area contributed by atoms with Crippen LogP contribution in [0.25, 0.3) is 0 Å². The van der Waals surface area contributed by atoms with Crippen LogP contribution in [0.4, 0.5) is 5.69 Å². The van der Waals surface area contributed by atoms with Crippen LogP contribution in [0.5, 0.6) is 0 Å². The Morgan fingerprint density at radius 2 is 1.68 bits per heavy atom. The summed E-state index contributed by atoms with van der Waals surface area (Å²) < 4.78 is 0. The van der Waals surface area contributed by atoms with Gasteiger partial charge in [-0.2, -0.15) is 5.10 Å². The maximum atomic E-state index is 5.95. The lowest BCUT2D eigenvalue weighted by atomic mass is 10.2. The third kappa shape index (κ3) is 5.21. The smallest absolute Gasteiger partial charge is 0.103 e. The zero-order valence-electron chi connectivity index (χ0n) is 15.0. The number of quaternary nitrogens is 1. The second kappa shape index (κ2) is 8.37. The van der Waals surface area contributed by atoms with Crippen molar-refractivity contribution in [3.63, 3.8) is 0 Å². The number of nitrogens with one attached hydrogen (secondary N) is 1. The molecule has 0 aliphatic carbocycles. The first kappa shape index (κ1) is 17.8. The van der Waals surface area contributed by atoms with Crippen LogP contribution in [-0.2, 0) is 6.54 Å². The van der Waals surface area contributed by atoms with E-state index >= 15 is 0 Å². The van der Waals surface area contributed by atoms with Crippen LogP contribution < -0.4 is 9.80 Å². The Hall–Kier alpha value is -2.04. The molecule has 1 saturated heterocycles. The minimum atomic E-state index is 0.802. The molecule has 4 nitrogen and oxygen atoms in total. The lowest BCUT2D eigenvalue weighted by Gasteiger charge is -2.30. The van der Waals surface area contributed by atoms with Gasteiger partial charge < -0.3 is 9.80 Å². The van der Waals surface area contributed by atoms with E-state index in [1.54, 1.807) is 4.90 Å². The van der Waals surface area contributed by atoms with E-state index in [-0.39, 0.29) is 0 Å². The van der Waals surface area contributed by atoms with Crippen LogP contribution in [-0.4, -0.2) is 51.5 Å². The Morgan fingerprint density at radius 3 is 2.28 bits per heavy atom. The molecular weight excluding hydrogens is 332 g/mol. The van der Waals surface area contributed by atoms with Gasteiger partial charge in [0, 0.05) is 30.4 Å². The van der Waals surface area contributed by atoms with Crippen molar-refractivity contribution in [3.8, 4) is 0 Å². The predicted octanol–water partition coefficient (Wildman–Crippen LogP) is 2.14. The van der Waals surface area contributed by atoms with Crippen LogP contribution in [0.2, 0.25) is 5.02 Å². The summed E-state index contributed by atoms with van der Waals surface area (Å²) >= 11 is 5.95. The van der Waals surface area contributed by atoms with E-state index in [0.29, 0.717) is 0 Å². The van der Waals surface area contributed by atoms with E-state index in [2.05, 4.69) is 65.5 Å². The van der Waals surface area contributed by atoms with Gasteiger partial charge in [0.2, 0.25) is 0 Å². The van der Waals surface area contributed by atoms with Gasteiger partial charge in [-0.25, -0.2) is 0 Å². The SMILES string of the molecule is CN(C)c1ccc(/C=N\N2CC[NH+](Cc3ccc(Cl)cc3)CC2)cc1. The Bertz CT molecular complexity index is 687. The van der Waals surface area contributed by atoms with Gasteiger partial charge in [0.05, 0.1) is 32.4 Å². The van der Waals surface area contributed by atoms with Crippen molar-refractivity contribution in [1.82, 2.24) is 5.01 Å². The monoisotopic (exact) mass is 357 g/mol. The molecule has 5 heteroatoms. The lowest BCUT2D eigenvalue weighted by molar-refractivity contribution is -0.918. The summed E-state index contributed by atoms with van der Waals surface area (Å²) in [4.78, 5) is 3.70. The highest BCUT2D eigenvalue weighted by Crippen LogP contribution is 2.11. The van der Waals surface area contributed by atoms with E-state index in [9.17, 15) is 0 Å². The largest absolute Gasteiger partial charge is 0.378 e. The maximum absolute atomic E-state index is 5.95. The Balaban J connectivity index is 1.47. The molecular formula is C20H26ClN4+. The number of rotatable bonds is 5. The standard InChI is InChI=1S/C20H25ClN4/c1-23(2)20-9-5-17(6-10-20)15-22-25-13-11-24(12-14-25)16-18-3-7-19(21)8-4-18/h3-10,15H,11-14,16H2,1-2H3/p+1/b22-15-. The molecule has 0 bridgehead atoms. The summed E-state index contributed by atoms with van der Waals surface area (Å²) in [7, 11) is 4.10. The molecule has 1 heterocycles. The Kier molecular flexibility index (Phi) is 5.95. The fourth-order valence-electron chi connectivity index (χ4n) is 3.00. The lowest BCUT2D eigenvalue weighted by Crippen LogP contribution is -3.13. The average Bonchev–Trinajstić information content (AvgIpc) is 2.63. The average molecular weight is 358 g/mol. The van der Waals surface area contributed by atoms with Crippen LogP contribution in [0.1, 0.15) is 11.1 Å². The molecule has 2 aromatic rings. The van der Waals surface area contributed by atoms with Gasteiger partial charge >= 0.3 is 0 Å². The topological polar surface area (TPSA) is 23.3 Å². The summed E-state index contributed by atoms with van der Waals surface area (Å²) in [6.45, 7) is 5.27. The molecule has 1 N–H and O–H groups in total. The Morgan fingerprint density at radius 1 is 1.04 bits per heavy atom. The summed E-state index contributed by atoms with van der Waals surface area (Å²) in [6.07, 6.45) is 1.96. The van der Waals surface area contributed by atoms with Gasteiger partial charge in [-0.1, -0.05) is 35.9 Å². The highest BCUT2D eigenvalue weighted by Gasteiger charge is 2.18. The van der Waals surface area contributed by atoms with E-state index in [1.165, 1.54) is 11.3 Å². The van der Waals surface area contributed by atoms with Crippen molar-refractivity contribution >= 4 is 23.5 Å². The van der Waals surface area contributed by atoms with Gasteiger partial charge in [0.25, 0.3) is 0 Å². The van der Waals surface area contributed by atoms with Crippen molar-refractivity contribution in [1.29, 1.82) is 0 Å². The van der Waals surface area contributed by atoms with Crippen molar-refractivity contribution in [3.05, 3.63) is 64.7 Å². The number of piperazine rings is 1. The second-order valence-corrected chi connectivity index (χ2v) is 7.17. The summed E-state index contributed by atoms with van der Waals surface area (Å²) in [5.74, 6) is 0. The molecule has 25 heavy (non-hydrogen) atoms. The van der Waals surface area contributed by atoms with Gasteiger partial charge in [-0.3, -0.25) is 5.01 Å². The first-order valence-electron chi connectivity index (χ1n) is 8.74. The molecule has 0 radical (unpaired) electrons. The zero-order valence-corrected chi connectivity index (χ0v) is 15.7. The van der Waals surface area contributed by atoms with Crippen LogP contribution in [0, 0.1) is 0 Å². The Labute approximate surface area is 155 Å². The van der Waals surface area contributed by atoms with Gasteiger partial charge in [-0.15, -0.1) is 0 Å². The van der Waals surface area contributed by atoms with Crippen molar-refractivity contribution in [2.45, 2.75) is 6.54 Å². The molecule has 0 spiro atoms. The minimum Gasteiger partial charge on any atom is -0.378 e. The number of nitrogens with zero attached hydrogens (tertiary/aromatic N) is 3. The maximum Gasteiger partial charge on any atom is 0.103 e. The highest BCUT2D eigenvalue weighted by atomic mass is 35.5. The minimum absolute atomic E-state index is 0.802. The van der Waals surface area contributed by atoms with Gasteiger partial charge in [-0.05, 0) is 29.8 Å². The van der Waals surface area contributed by atoms with Crippen LogP contribution in [0.15, 0.2) is 53.6 Å². The first-order chi connectivity index (χ1) is 12.1. The predicted molar refractivity (Wildman–Crippen MR) is 106 cm³/mol. The van der Waals surface area contributed by atoms with Crippen molar-refractivity contribution < 1.29 is 4.90 Å². The van der Waals surface area contributed by atoms with Crippen molar-refractivity contribution in [2.75, 3.05) is 45.2 Å². The molecule has 0 aromatic heterocycles. The number of hydrazone groups is 1. The van der Waals surface area contributed by atoms with E-state index < -0.39 is 0 Å².